The van der Waals surface area contributed by atoms with Crippen LogP contribution < -0.4 is 0 Å². The molecule has 0 N–H and O–H groups in total. The minimum absolute atomic E-state index is 0.302. The van der Waals surface area contributed by atoms with E-state index in [4.69, 9.17) is 0 Å². The van der Waals surface area contributed by atoms with Gasteiger partial charge in [-0.1, -0.05) is 67.0 Å². The Kier molecular flexibility index (Phi) is 15.0. The lowest BCUT2D eigenvalue weighted by Gasteiger charge is -1.96. The van der Waals surface area contributed by atoms with E-state index in [1.165, 1.54) is 0 Å². The molecule has 0 aliphatic carbocycles. The average molecular weight is 273 g/mol. The van der Waals surface area contributed by atoms with Crippen LogP contribution in [-0.4, -0.2) is 11.6 Å². The van der Waals surface area contributed by atoms with Gasteiger partial charge in [0.25, 0.3) is 0 Å². The predicted molar refractivity (Wildman–Crippen MR) is 71.6 cm³/mol. The maximum atomic E-state index is 11.0. The number of benzene rings is 1. The number of Topliss-reactive ketones (excluding diaryl/α,β-unsaturated/α-hetero) is 1. The van der Waals surface area contributed by atoms with Gasteiger partial charge in [-0.2, -0.15) is 0 Å². The zero-order valence-corrected chi connectivity index (χ0v) is 11.7. The fourth-order valence-electron chi connectivity index (χ4n) is 0.949. The number of ketones is 1. The summed E-state index contributed by atoms with van der Waals surface area (Å²) >= 11 is 2.94. The van der Waals surface area contributed by atoms with Gasteiger partial charge in [0.15, 0.2) is 0 Å². The van der Waals surface area contributed by atoms with E-state index in [2.05, 4.69) is 15.9 Å². The van der Waals surface area contributed by atoms with Crippen LogP contribution in [0, 0.1) is 0 Å². The lowest BCUT2D eigenvalue weighted by molar-refractivity contribution is -0.118. The second-order valence-corrected chi connectivity index (χ2v) is 2.55. The van der Waals surface area contributed by atoms with Crippen molar-refractivity contribution in [2.75, 3.05) is 5.83 Å². The molecule has 1 aromatic rings. The Morgan fingerprint density at radius 2 is 1.60 bits per heavy atom. The Morgan fingerprint density at radius 3 is 2.00 bits per heavy atom. The third-order valence-corrected chi connectivity index (χ3v) is 1.64. The molecule has 0 radical (unpaired) electrons. The molecule has 1 aromatic carbocycles. The summed E-state index contributed by atoms with van der Waals surface area (Å²) in [7, 11) is 0. The van der Waals surface area contributed by atoms with Crippen molar-refractivity contribution >= 4 is 21.7 Å². The molecule has 0 fully saturated rings. The van der Waals surface area contributed by atoms with E-state index < -0.39 is 0 Å². The molecular formula is C13H21BrO. The molecule has 0 aliphatic heterocycles. The first-order valence-corrected chi connectivity index (χ1v) is 6.85. The van der Waals surface area contributed by atoms with Gasteiger partial charge in [0, 0.05) is 12.8 Å². The second kappa shape index (κ2) is 13.4. The number of halogens is 1. The number of carbonyl (C=O) groups is 1. The highest BCUT2D eigenvalue weighted by molar-refractivity contribution is 9.08. The summed E-state index contributed by atoms with van der Waals surface area (Å²) in [6.07, 6.45) is 1.21. The molecule has 0 spiro atoms. The SMILES string of the molecule is CBr.CC.CCC(=O)Cc1ccccc1. The Labute approximate surface area is 102 Å². The Morgan fingerprint density at radius 1 is 1.13 bits per heavy atom. The van der Waals surface area contributed by atoms with Gasteiger partial charge in [-0.05, 0) is 11.4 Å². The molecule has 0 saturated carbocycles. The number of hydrogen-bond donors (Lipinski definition) is 0. The topological polar surface area (TPSA) is 17.1 Å². The second-order valence-electron chi connectivity index (χ2n) is 2.55. The Balaban J connectivity index is 0. The molecule has 1 nitrogen and oxygen atoms in total. The summed E-state index contributed by atoms with van der Waals surface area (Å²) in [6.45, 7) is 5.89. The molecule has 0 saturated heterocycles. The van der Waals surface area contributed by atoms with Crippen LogP contribution in [-0.2, 0) is 11.2 Å². The molecule has 15 heavy (non-hydrogen) atoms. The van der Waals surface area contributed by atoms with Crippen molar-refractivity contribution in [3.8, 4) is 0 Å². The quantitative estimate of drug-likeness (QED) is 0.752. The smallest absolute Gasteiger partial charge is 0.136 e. The predicted octanol–water partition coefficient (Wildman–Crippen LogP) is 4.25. The van der Waals surface area contributed by atoms with Gasteiger partial charge in [0.2, 0.25) is 0 Å². The van der Waals surface area contributed by atoms with Crippen molar-refractivity contribution in [3.63, 3.8) is 0 Å². The van der Waals surface area contributed by atoms with Crippen molar-refractivity contribution < 1.29 is 4.79 Å². The normalized spacial score (nSPS) is 7.80. The molecule has 2 heteroatoms. The molecule has 1 rings (SSSR count). The van der Waals surface area contributed by atoms with E-state index in [-0.39, 0.29) is 0 Å². The first-order valence-electron chi connectivity index (χ1n) is 5.26. The van der Waals surface area contributed by atoms with Crippen LogP contribution in [0.5, 0.6) is 0 Å². The van der Waals surface area contributed by atoms with Gasteiger partial charge < -0.3 is 0 Å². The van der Waals surface area contributed by atoms with E-state index in [1.807, 2.05) is 56.9 Å². The van der Waals surface area contributed by atoms with Gasteiger partial charge in [-0.25, -0.2) is 0 Å². The average Bonchev–Trinajstić information content (AvgIpc) is 2.35. The fraction of sp³-hybridized carbons (Fsp3) is 0.462. The standard InChI is InChI=1S/C10H12O.C2H6.CH3Br/c1-2-10(11)8-9-6-4-3-5-7-9;2*1-2/h3-7H,2,8H2,1H3;1-2H3;1H3. The molecule has 0 amide bonds. The largest absolute Gasteiger partial charge is 0.299 e. The third-order valence-electron chi connectivity index (χ3n) is 1.64. The number of hydrogen-bond acceptors (Lipinski definition) is 1. The van der Waals surface area contributed by atoms with Gasteiger partial charge in [-0.15, -0.1) is 0 Å². The fourth-order valence-corrected chi connectivity index (χ4v) is 0.949. The third kappa shape index (κ3) is 9.67. The Hall–Kier alpha value is -0.630. The zero-order valence-electron chi connectivity index (χ0n) is 10.1. The van der Waals surface area contributed by atoms with E-state index in [9.17, 15) is 4.79 Å². The minimum atomic E-state index is 0.302. The van der Waals surface area contributed by atoms with Crippen LogP contribution in [0.1, 0.15) is 32.8 Å². The van der Waals surface area contributed by atoms with E-state index >= 15 is 0 Å². The molecule has 0 bridgehead atoms. The van der Waals surface area contributed by atoms with Gasteiger partial charge in [-0.3, -0.25) is 4.79 Å². The lowest BCUT2D eigenvalue weighted by atomic mass is 10.1. The van der Waals surface area contributed by atoms with Crippen molar-refractivity contribution in [2.45, 2.75) is 33.6 Å². The van der Waals surface area contributed by atoms with Crippen LogP contribution in [0.25, 0.3) is 0 Å². The van der Waals surface area contributed by atoms with E-state index in [0.717, 1.165) is 5.56 Å². The minimum Gasteiger partial charge on any atom is -0.299 e. The molecule has 0 atom stereocenters. The summed E-state index contributed by atoms with van der Waals surface area (Å²) in [5.41, 5.74) is 1.11. The van der Waals surface area contributed by atoms with E-state index in [1.54, 1.807) is 0 Å². The van der Waals surface area contributed by atoms with Crippen molar-refractivity contribution in [1.82, 2.24) is 0 Å². The number of alkyl halides is 1. The molecular weight excluding hydrogens is 252 g/mol. The van der Waals surface area contributed by atoms with Crippen molar-refractivity contribution in [2.24, 2.45) is 0 Å². The Bertz CT molecular complexity index is 232. The number of carbonyl (C=O) groups excluding carboxylic acids is 1. The van der Waals surface area contributed by atoms with Crippen molar-refractivity contribution in [3.05, 3.63) is 35.9 Å². The highest BCUT2D eigenvalue weighted by Crippen LogP contribution is 2.00. The molecule has 86 valence electrons. The highest BCUT2D eigenvalue weighted by Gasteiger charge is 1.98. The monoisotopic (exact) mass is 272 g/mol. The summed E-state index contributed by atoms with van der Waals surface area (Å²) in [5.74, 6) is 2.11. The van der Waals surface area contributed by atoms with Crippen molar-refractivity contribution in [1.29, 1.82) is 0 Å². The van der Waals surface area contributed by atoms with Crippen LogP contribution in [0.2, 0.25) is 0 Å². The zero-order chi connectivity index (χ0) is 12.1. The van der Waals surface area contributed by atoms with Gasteiger partial charge in [0.1, 0.15) is 5.78 Å². The van der Waals surface area contributed by atoms with Crippen LogP contribution in [0.3, 0.4) is 0 Å². The number of rotatable bonds is 3. The summed E-state index contributed by atoms with van der Waals surface area (Å²) in [4.78, 5) is 11.0. The van der Waals surface area contributed by atoms with Crippen LogP contribution in [0.15, 0.2) is 30.3 Å². The van der Waals surface area contributed by atoms with Crippen LogP contribution in [0.4, 0.5) is 0 Å². The molecule has 0 heterocycles. The highest BCUT2D eigenvalue weighted by atomic mass is 79.9. The van der Waals surface area contributed by atoms with E-state index in [0.29, 0.717) is 18.6 Å². The maximum Gasteiger partial charge on any atom is 0.136 e. The summed E-state index contributed by atoms with van der Waals surface area (Å²) < 4.78 is 0. The lowest BCUT2D eigenvalue weighted by Crippen LogP contribution is -1.99. The van der Waals surface area contributed by atoms with Gasteiger partial charge >= 0.3 is 0 Å². The van der Waals surface area contributed by atoms with Crippen LogP contribution >= 0.6 is 15.9 Å². The molecule has 0 aliphatic rings. The van der Waals surface area contributed by atoms with Gasteiger partial charge in [0.05, 0.1) is 0 Å². The first kappa shape index (κ1) is 16.8. The molecule has 0 aromatic heterocycles. The maximum absolute atomic E-state index is 11.0. The first-order chi connectivity index (χ1) is 7.33. The summed E-state index contributed by atoms with van der Waals surface area (Å²) in [6, 6.07) is 9.83. The summed E-state index contributed by atoms with van der Waals surface area (Å²) in [5, 5.41) is 0. The molecule has 0 unspecified atom stereocenters.